The zero-order valence-electron chi connectivity index (χ0n) is 8.33. The number of hydrogen-bond donors (Lipinski definition) is 1. The molecule has 0 saturated heterocycles. The Bertz CT molecular complexity index is 436. The van der Waals surface area contributed by atoms with E-state index in [1.807, 2.05) is 37.4 Å². The molecule has 0 aliphatic rings. The zero-order chi connectivity index (χ0) is 10.7. The molecular formula is C11H11BrN2O. The smallest absolute Gasteiger partial charge is 0.169 e. The summed E-state index contributed by atoms with van der Waals surface area (Å²) in [5.74, 6) is 0.891. The van der Waals surface area contributed by atoms with Crippen molar-refractivity contribution in [2.45, 2.75) is 13.5 Å². The minimum atomic E-state index is 0.663. The van der Waals surface area contributed by atoms with Gasteiger partial charge in [0.25, 0.3) is 0 Å². The van der Waals surface area contributed by atoms with Gasteiger partial charge in [0.2, 0.25) is 0 Å². The topological polar surface area (TPSA) is 38.1 Å². The van der Waals surface area contributed by atoms with Crippen LogP contribution in [0.15, 0.2) is 39.5 Å². The summed E-state index contributed by atoms with van der Waals surface area (Å²) in [5, 5.41) is 3.22. The molecule has 3 nitrogen and oxygen atoms in total. The van der Waals surface area contributed by atoms with Crippen molar-refractivity contribution in [3.63, 3.8) is 0 Å². The highest BCUT2D eigenvalue weighted by atomic mass is 79.9. The summed E-state index contributed by atoms with van der Waals surface area (Å²) >= 11 is 3.26. The van der Waals surface area contributed by atoms with Gasteiger partial charge in [-0.2, -0.15) is 0 Å². The van der Waals surface area contributed by atoms with Crippen LogP contribution in [0.3, 0.4) is 0 Å². The van der Waals surface area contributed by atoms with Crippen LogP contribution in [-0.4, -0.2) is 4.98 Å². The number of halogens is 1. The molecule has 15 heavy (non-hydrogen) atoms. The van der Waals surface area contributed by atoms with Crippen LogP contribution in [0.2, 0.25) is 0 Å². The van der Waals surface area contributed by atoms with Gasteiger partial charge in [-0.05, 0) is 47.1 Å². The maximum Gasteiger partial charge on any atom is 0.169 e. The number of rotatable bonds is 3. The molecule has 0 saturated carbocycles. The van der Waals surface area contributed by atoms with Crippen molar-refractivity contribution in [2.24, 2.45) is 0 Å². The molecule has 4 heteroatoms. The molecule has 2 heterocycles. The molecule has 0 bridgehead atoms. The Hall–Kier alpha value is -1.29. The fourth-order valence-electron chi connectivity index (χ4n) is 1.21. The molecule has 0 spiro atoms. The normalized spacial score (nSPS) is 10.3. The molecular weight excluding hydrogens is 256 g/mol. The third-order valence-corrected chi connectivity index (χ3v) is 2.43. The van der Waals surface area contributed by atoms with E-state index in [-0.39, 0.29) is 0 Å². The van der Waals surface area contributed by atoms with Crippen LogP contribution in [0, 0.1) is 6.92 Å². The van der Waals surface area contributed by atoms with Gasteiger partial charge in [0.15, 0.2) is 4.67 Å². The molecule has 0 radical (unpaired) electrons. The maximum atomic E-state index is 5.36. The van der Waals surface area contributed by atoms with E-state index in [0.29, 0.717) is 6.54 Å². The lowest BCUT2D eigenvalue weighted by Gasteiger charge is -2.03. The van der Waals surface area contributed by atoms with Crippen LogP contribution in [0.25, 0.3) is 0 Å². The van der Waals surface area contributed by atoms with Gasteiger partial charge in [0.05, 0.1) is 18.4 Å². The number of aromatic nitrogens is 1. The summed E-state index contributed by atoms with van der Waals surface area (Å²) in [6.45, 7) is 2.63. The Kier molecular flexibility index (Phi) is 3.06. The van der Waals surface area contributed by atoms with Crippen molar-refractivity contribution >= 4 is 21.6 Å². The summed E-state index contributed by atoms with van der Waals surface area (Å²) < 4.78 is 6.11. The number of nitrogens with one attached hydrogen (secondary N) is 1. The fourth-order valence-corrected chi connectivity index (χ4v) is 1.55. The Morgan fingerprint density at radius 1 is 1.33 bits per heavy atom. The van der Waals surface area contributed by atoms with Crippen LogP contribution in [0.5, 0.6) is 0 Å². The summed E-state index contributed by atoms with van der Waals surface area (Å²) in [6, 6.07) is 7.78. The van der Waals surface area contributed by atoms with Crippen molar-refractivity contribution in [2.75, 3.05) is 5.32 Å². The molecule has 0 aliphatic heterocycles. The maximum absolute atomic E-state index is 5.36. The molecule has 2 rings (SSSR count). The summed E-state index contributed by atoms with van der Waals surface area (Å²) in [6.07, 6.45) is 1.81. The van der Waals surface area contributed by atoms with Crippen LogP contribution < -0.4 is 5.32 Å². The SMILES string of the molecule is Cc1ccc(NCc2ccc(Br)o2)cn1. The van der Waals surface area contributed by atoms with Gasteiger partial charge in [-0.15, -0.1) is 0 Å². The highest BCUT2D eigenvalue weighted by molar-refractivity contribution is 9.10. The lowest BCUT2D eigenvalue weighted by molar-refractivity contribution is 0.495. The first-order valence-electron chi connectivity index (χ1n) is 4.65. The minimum absolute atomic E-state index is 0.663. The Morgan fingerprint density at radius 2 is 2.20 bits per heavy atom. The number of nitrogens with zero attached hydrogens (tertiary/aromatic N) is 1. The standard InChI is InChI=1S/C11H11BrN2O/c1-8-2-3-9(6-13-8)14-7-10-4-5-11(12)15-10/h2-6,14H,7H2,1H3. The number of hydrogen-bond acceptors (Lipinski definition) is 3. The molecule has 0 amide bonds. The lowest BCUT2D eigenvalue weighted by atomic mass is 10.3. The van der Waals surface area contributed by atoms with Crippen molar-refractivity contribution in [3.05, 3.63) is 46.6 Å². The molecule has 0 atom stereocenters. The molecule has 1 N–H and O–H groups in total. The van der Waals surface area contributed by atoms with Crippen LogP contribution >= 0.6 is 15.9 Å². The summed E-state index contributed by atoms with van der Waals surface area (Å²) in [4.78, 5) is 4.19. The number of anilines is 1. The molecule has 0 unspecified atom stereocenters. The van der Waals surface area contributed by atoms with Crippen LogP contribution in [0.4, 0.5) is 5.69 Å². The van der Waals surface area contributed by atoms with Crippen LogP contribution in [0.1, 0.15) is 11.5 Å². The Morgan fingerprint density at radius 3 is 2.80 bits per heavy atom. The average Bonchev–Trinajstić information content (AvgIpc) is 2.64. The van der Waals surface area contributed by atoms with E-state index < -0.39 is 0 Å². The number of aryl methyl sites for hydroxylation is 1. The number of furan rings is 1. The first-order valence-corrected chi connectivity index (χ1v) is 5.44. The lowest BCUT2D eigenvalue weighted by Crippen LogP contribution is -1.98. The molecule has 0 aromatic carbocycles. The zero-order valence-corrected chi connectivity index (χ0v) is 9.91. The first kappa shape index (κ1) is 10.2. The number of pyridine rings is 1. The van der Waals surface area contributed by atoms with Gasteiger partial charge < -0.3 is 9.73 Å². The van der Waals surface area contributed by atoms with E-state index >= 15 is 0 Å². The highest BCUT2D eigenvalue weighted by Gasteiger charge is 1.99. The van der Waals surface area contributed by atoms with Gasteiger partial charge in [0, 0.05) is 5.69 Å². The predicted octanol–water partition coefficient (Wildman–Crippen LogP) is 3.36. The van der Waals surface area contributed by atoms with E-state index in [9.17, 15) is 0 Å². The van der Waals surface area contributed by atoms with Gasteiger partial charge in [0.1, 0.15) is 5.76 Å². The molecule has 0 fully saturated rings. The first-order chi connectivity index (χ1) is 7.24. The van der Waals surface area contributed by atoms with E-state index in [1.165, 1.54) is 0 Å². The van der Waals surface area contributed by atoms with Crippen molar-refractivity contribution in [1.29, 1.82) is 0 Å². The van der Waals surface area contributed by atoms with E-state index in [4.69, 9.17) is 4.42 Å². The fraction of sp³-hybridized carbons (Fsp3) is 0.182. The molecule has 0 aliphatic carbocycles. The second-order valence-corrected chi connectivity index (χ2v) is 4.03. The average molecular weight is 267 g/mol. The van der Waals surface area contributed by atoms with Crippen molar-refractivity contribution in [1.82, 2.24) is 4.98 Å². The molecule has 78 valence electrons. The van der Waals surface area contributed by atoms with Gasteiger partial charge in [-0.1, -0.05) is 0 Å². The minimum Gasteiger partial charge on any atom is -0.452 e. The second-order valence-electron chi connectivity index (χ2n) is 3.25. The third kappa shape index (κ3) is 2.83. The van der Waals surface area contributed by atoms with Gasteiger partial charge in [-0.3, -0.25) is 4.98 Å². The summed E-state index contributed by atoms with van der Waals surface area (Å²) in [7, 11) is 0. The van der Waals surface area contributed by atoms with Crippen LogP contribution in [-0.2, 0) is 6.54 Å². The van der Waals surface area contributed by atoms with E-state index in [0.717, 1.165) is 21.8 Å². The Labute approximate surface area is 96.6 Å². The predicted molar refractivity (Wildman–Crippen MR) is 62.7 cm³/mol. The summed E-state index contributed by atoms with van der Waals surface area (Å²) in [5.41, 5.74) is 2.01. The molecule has 2 aromatic rings. The molecule has 2 aromatic heterocycles. The monoisotopic (exact) mass is 266 g/mol. The van der Waals surface area contributed by atoms with Crippen molar-refractivity contribution in [3.8, 4) is 0 Å². The largest absolute Gasteiger partial charge is 0.452 e. The van der Waals surface area contributed by atoms with Crippen molar-refractivity contribution < 1.29 is 4.42 Å². The third-order valence-electron chi connectivity index (χ3n) is 2.01. The second kappa shape index (κ2) is 4.49. The Balaban J connectivity index is 1.96. The van der Waals surface area contributed by atoms with E-state index in [1.54, 1.807) is 0 Å². The quantitative estimate of drug-likeness (QED) is 0.926. The van der Waals surface area contributed by atoms with Gasteiger partial charge >= 0.3 is 0 Å². The van der Waals surface area contributed by atoms with Gasteiger partial charge in [-0.25, -0.2) is 0 Å². The van der Waals surface area contributed by atoms with E-state index in [2.05, 4.69) is 26.2 Å². The highest BCUT2D eigenvalue weighted by Crippen LogP contribution is 2.15.